The van der Waals surface area contributed by atoms with Crippen molar-refractivity contribution >= 4 is 21.7 Å². The summed E-state index contributed by atoms with van der Waals surface area (Å²) in [5, 5.41) is 0. The Hall–Kier alpha value is -1.62. The number of aromatic nitrogens is 1. The fourth-order valence-electron chi connectivity index (χ4n) is 1.39. The van der Waals surface area contributed by atoms with Gasteiger partial charge in [0.1, 0.15) is 11.6 Å². The third-order valence-corrected chi connectivity index (χ3v) is 2.55. The fraction of sp³-hybridized carbons (Fsp3) is 0. The molecule has 0 N–H and O–H groups in total. The van der Waals surface area contributed by atoms with Gasteiger partial charge in [0.2, 0.25) is 0 Å². The third-order valence-electron chi connectivity index (χ3n) is 2.09. The van der Waals surface area contributed by atoms with Crippen molar-refractivity contribution in [3.05, 3.63) is 63.9 Å². The van der Waals surface area contributed by atoms with Crippen LogP contribution in [0.1, 0.15) is 15.9 Å². The Kier molecular flexibility index (Phi) is 3.28. The standard InChI is InChI=1S/C12H6BrF2NO/c13-9-1-7(2-10(14)4-9)12(17)8-3-11(15)6-16-5-8/h1-6H. The molecule has 0 aliphatic rings. The second-order valence-corrected chi connectivity index (χ2v) is 4.29. The van der Waals surface area contributed by atoms with Crippen molar-refractivity contribution in [2.45, 2.75) is 0 Å². The van der Waals surface area contributed by atoms with Gasteiger partial charge in [-0.25, -0.2) is 8.78 Å². The smallest absolute Gasteiger partial charge is 0.194 e. The normalized spacial score (nSPS) is 10.3. The zero-order chi connectivity index (χ0) is 12.4. The molecule has 0 amide bonds. The largest absolute Gasteiger partial charge is 0.289 e. The number of nitrogens with zero attached hydrogens (tertiary/aromatic N) is 1. The zero-order valence-corrected chi connectivity index (χ0v) is 10.0. The first kappa shape index (κ1) is 11.9. The van der Waals surface area contributed by atoms with Crippen molar-refractivity contribution in [3.63, 3.8) is 0 Å². The van der Waals surface area contributed by atoms with E-state index in [9.17, 15) is 13.6 Å². The highest BCUT2D eigenvalue weighted by molar-refractivity contribution is 9.10. The van der Waals surface area contributed by atoms with Crippen LogP contribution >= 0.6 is 15.9 Å². The minimum absolute atomic E-state index is 0.0856. The molecule has 0 aliphatic carbocycles. The third kappa shape index (κ3) is 2.74. The number of hydrogen-bond acceptors (Lipinski definition) is 2. The molecule has 17 heavy (non-hydrogen) atoms. The maximum absolute atomic E-state index is 13.1. The summed E-state index contributed by atoms with van der Waals surface area (Å²) in [5.74, 6) is -1.62. The summed E-state index contributed by atoms with van der Waals surface area (Å²) >= 11 is 3.09. The van der Waals surface area contributed by atoms with Gasteiger partial charge >= 0.3 is 0 Å². The molecule has 1 aromatic heterocycles. The second kappa shape index (κ2) is 4.71. The summed E-state index contributed by atoms with van der Waals surface area (Å²) in [6, 6.07) is 4.86. The minimum atomic E-state index is -0.605. The summed E-state index contributed by atoms with van der Waals surface area (Å²) in [6.07, 6.45) is 2.24. The molecule has 2 rings (SSSR count). The van der Waals surface area contributed by atoms with Crippen LogP contribution in [0.3, 0.4) is 0 Å². The summed E-state index contributed by atoms with van der Waals surface area (Å²) in [5.41, 5.74) is 0.228. The molecular weight excluding hydrogens is 292 g/mol. The molecule has 0 saturated carbocycles. The summed E-state index contributed by atoms with van der Waals surface area (Å²) in [6.45, 7) is 0. The lowest BCUT2D eigenvalue weighted by Crippen LogP contribution is -2.03. The van der Waals surface area contributed by atoms with E-state index in [0.717, 1.165) is 18.3 Å². The average molecular weight is 298 g/mol. The van der Waals surface area contributed by atoms with Gasteiger partial charge in [-0.15, -0.1) is 0 Å². The maximum atomic E-state index is 13.1. The molecule has 0 radical (unpaired) electrons. The van der Waals surface area contributed by atoms with Gasteiger partial charge in [0.15, 0.2) is 5.78 Å². The Labute approximate surface area is 104 Å². The van der Waals surface area contributed by atoms with Gasteiger partial charge < -0.3 is 0 Å². The monoisotopic (exact) mass is 297 g/mol. The van der Waals surface area contributed by atoms with E-state index in [4.69, 9.17) is 0 Å². The number of hydrogen-bond donors (Lipinski definition) is 0. The molecule has 5 heteroatoms. The number of rotatable bonds is 2. The molecule has 0 bridgehead atoms. The van der Waals surface area contributed by atoms with Crippen LogP contribution in [0.25, 0.3) is 0 Å². The molecule has 0 spiro atoms. The van der Waals surface area contributed by atoms with E-state index >= 15 is 0 Å². The van der Waals surface area contributed by atoms with Crippen molar-refractivity contribution in [1.82, 2.24) is 4.98 Å². The number of carbonyl (C=O) groups excluding carboxylic acids is 1. The fourth-order valence-corrected chi connectivity index (χ4v) is 1.85. The van der Waals surface area contributed by atoms with Crippen molar-refractivity contribution in [2.24, 2.45) is 0 Å². The number of halogens is 3. The topological polar surface area (TPSA) is 30.0 Å². The maximum Gasteiger partial charge on any atom is 0.194 e. The van der Waals surface area contributed by atoms with Crippen molar-refractivity contribution in [3.8, 4) is 0 Å². The van der Waals surface area contributed by atoms with Gasteiger partial charge in [-0.05, 0) is 24.3 Å². The van der Waals surface area contributed by atoms with Gasteiger partial charge in [-0.1, -0.05) is 15.9 Å². The molecule has 1 aromatic carbocycles. The van der Waals surface area contributed by atoms with Crippen LogP contribution in [0.5, 0.6) is 0 Å². The van der Waals surface area contributed by atoms with Crippen LogP contribution in [0, 0.1) is 11.6 Å². The minimum Gasteiger partial charge on any atom is -0.289 e. The Bertz CT molecular complexity index is 566. The lowest BCUT2D eigenvalue weighted by molar-refractivity contribution is 0.103. The van der Waals surface area contributed by atoms with Crippen LogP contribution in [-0.4, -0.2) is 10.8 Å². The van der Waals surface area contributed by atoms with Gasteiger partial charge in [-0.3, -0.25) is 9.78 Å². The predicted octanol–water partition coefficient (Wildman–Crippen LogP) is 3.35. The van der Waals surface area contributed by atoms with E-state index in [-0.39, 0.29) is 11.1 Å². The van der Waals surface area contributed by atoms with Gasteiger partial charge in [0.05, 0.1) is 6.20 Å². The first-order valence-corrected chi connectivity index (χ1v) is 5.47. The summed E-state index contributed by atoms with van der Waals surface area (Å²) in [7, 11) is 0. The van der Waals surface area contributed by atoms with Gasteiger partial charge in [0, 0.05) is 21.8 Å². The number of carbonyl (C=O) groups is 1. The highest BCUT2D eigenvalue weighted by Gasteiger charge is 2.12. The van der Waals surface area contributed by atoms with E-state index in [0.29, 0.717) is 4.47 Å². The molecule has 1 heterocycles. The predicted molar refractivity (Wildman–Crippen MR) is 61.7 cm³/mol. The summed E-state index contributed by atoms with van der Waals surface area (Å²) < 4.78 is 26.5. The van der Waals surface area contributed by atoms with Crippen LogP contribution < -0.4 is 0 Å². The van der Waals surface area contributed by atoms with Crippen LogP contribution in [0.2, 0.25) is 0 Å². The molecule has 2 aromatic rings. The number of pyridine rings is 1. The van der Waals surface area contributed by atoms with E-state index in [1.54, 1.807) is 0 Å². The zero-order valence-electron chi connectivity index (χ0n) is 8.45. The van der Waals surface area contributed by atoms with E-state index in [1.165, 1.54) is 18.3 Å². The summed E-state index contributed by atoms with van der Waals surface area (Å²) in [4.78, 5) is 15.5. The number of ketones is 1. The molecule has 2 nitrogen and oxygen atoms in total. The molecular formula is C12H6BrF2NO. The quantitative estimate of drug-likeness (QED) is 0.796. The Balaban J connectivity index is 2.43. The first-order valence-electron chi connectivity index (χ1n) is 4.67. The number of benzene rings is 1. The molecule has 86 valence electrons. The molecule has 0 saturated heterocycles. The Morgan fingerprint density at radius 1 is 1.00 bits per heavy atom. The van der Waals surface area contributed by atoms with Crippen LogP contribution in [0.15, 0.2) is 41.1 Å². The van der Waals surface area contributed by atoms with Crippen molar-refractivity contribution in [2.75, 3.05) is 0 Å². The second-order valence-electron chi connectivity index (χ2n) is 3.38. The van der Waals surface area contributed by atoms with E-state index in [2.05, 4.69) is 20.9 Å². The average Bonchev–Trinajstić information content (AvgIpc) is 2.26. The van der Waals surface area contributed by atoms with Crippen LogP contribution in [0.4, 0.5) is 8.78 Å². The Morgan fingerprint density at radius 3 is 2.35 bits per heavy atom. The molecule has 0 atom stereocenters. The molecule has 0 aliphatic heterocycles. The van der Waals surface area contributed by atoms with Gasteiger partial charge in [-0.2, -0.15) is 0 Å². The highest BCUT2D eigenvalue weighted by Crippen LogP contribution is 2.17. The molecule has 0 fully saturated rings. The van der Waals surface area contributed by atoms with Gasteiger partial charge in [0.25, 0.3) is 0 Å². The van der Waals surface area contributed by atoms with E-state index < -0.39 is 17.4 Å². The SMILES string of the molecule is O=C(c1cncc(F)c1)c1cc(F)cc(Br)c1. The van der Waals surface area contributed by atoms with Crippen molar-refractivity contribution < 1.29 is 13.6 Å². The lowest BCUT2D eigenvalue weighted by atomic mass is 10.1. The molecule has 0 unspecified atom stereocenters. The van der Waals surface area contributed by atoms with Crippen molar-refractivity contribution in [1.29, 1.82) is 0 Å². The first-order chi connectivity index (χ1) is 8.06. The van der Waals surface area contributed by atoms with E-state index in [1.807, 2.05) is 0 Å². The lowest BCUT2D eigenvalue weighted by Gasteiger charge is -2.02. The van der Waals surface area contributed by atoms with Crippen LogP contribution in [-0.2, 0) is 0 Å². The Morgan fingerprint density at radius 2 is 1.71 bits per heavy atom. The highest BCUT2D eigenvalue weighted by atomic mass is 79.9.